The molecule has 4 heteroatoms. The summed E-state index contributed by atoms with van der Waals surface area (Å²) in [6, 6.07) is 0. The zero-order chi connectivity index (χ0) is 12.1. The van der Waals surface area contributed by atoms with Crippen molar-refractivity contribution in [1.29, 1.82) is 0 Å². The standard InChI is InChI=1S/C11H20O4/c1-8(7-14-5)9(12)6-10(13)15-11(2,3)4/h8H,6-7H2,1-5H3/t8-/m0/s1. The summed E-state index contributed by atoms with van der Waals surface area (Å²) in [6.07, 6.45) is -0.179. The Morgan fingerprint density at radius 2 is 1.80 bits per heavy atom. The van der Waals surface area contributed by atoms with Crippen molar-refractivity contribution in [1.82, 2.24) is 0 Å². The van der Waals surface area contributed by atoms with Crippen molar-refractivity contribution in [3.8, 4) is 0 Å². The zero-order valence-electron chi connectivity index (χ0n) is 10.1. The van der Waals surface area contributed by atoms with Crippen molar-refractivity contribution in [3.63, 3.8) is 0 Å². The number of ketones is 1. The average Bonchev–Trinajstić information content (AvgIpc) is 2.00. The predicted octanol–water partition coefficient (Wildman–Crippen LogP) is 1.57. The van der Waals surface area contributed by atoms with Crippen LogP contribution >= 0.6 is 0 Å². The number of Topliss-reactive ketones (excluding diaryl/α,β-unsaturated/α-hetero) is 1. The van der Waals surface area contributed by atoms with Gasteiger partial charge < -0.3 is 9.47 Å². The van der Waals surface area contributed by atoms with Crippen molar-refractivity contribution in [2.24, 2.45) is 5.92 Å². The molecule has 0 saturated carbocycles. The first kappa shape index (κ1) is 14.1. The van der Waals surface area contributed by atoms with Crippen LogP contribution in [0.3, 0.4) is 0 Å². The Morgan fingerprint density at radius 1 is 1.27 bits per heavy atom. The number of carbonyl (C=O) groups is 2. The first-order valence-electron chi connectivity index (χ1n) is 4.99. The quantitative estimate of drug-likeness (QED) is 0.517. The maximum atomic E-state index is 11.4. The molecule has 0 aromatic heterocycles. The molecule has 0 aromatic rings. The molecule has 0 rings (SSSR count). The van der Waals surface area contributed by atoms with E-state index >= 15 is 0 Å². The second-order valence-corrected chi connectivity index (χ2v) is 4.59. The van der Waals surface area contributed by atoms with Crippen LogP contribution in [0, 0.1) is 5.92 Å². The molecular formula is C11H20O4. The van der Waals surface area contributed by atoms with Gasteiger partial charge >= 0.3 is 5.97 Å². The van der Waals surface area contributed by atoms with Crippen molar-refractivity contribution < 1.29 is 19.1 Å². The van der Waals surface area contributed by atoms with Gasteiger partial charge in [-0.15, -0.1) is 0 Å². The fraction of sp³-hybridized carbons (Fsp3) is 0.818. The third-order valence-corrected chi connectivity index (χ3v) is 1.70. The van der Waals surface area contributed by atoms with E-state index in [9.17, 15) is 9.59 Å². The van der Waals surface area contributed by atoms with E-state index < -0.39 is 11.6 Å². The molecule has 0 N–H and O–H groups in total. The average molecular weight is 216 g/mol. The first-order valence-corrected chi connectivity index (χ1v) is 4.99. The maximum absolute atomic E-state index is 11.4. The Balaban J connectivity index is 4.02. The van der Waals surface area contributed by atoms with Gasteiger partial charge in [-0.25, -0.2) is 0 Å². The molecular weight excluding hydrogens is 196 g/mol. The van der Waals surface area contributed by atoms with Gasteiger partial charge in [-0.2, -0.15) is 0 Å². The Labute approximate surface area is 90.9 Å². The Kier molecular flexibility index (Phi) is 5.50. The van der Waals surface area contributed by atoms with E-state index in [1.165, 1.54) is 7.11 Å². The summed E-state index contributed by atoms with van der Waals surface area (Å²) < 4.78 is 9.87. The monoisotopic (exact) mass is 216 g/mol. The van der Waals surface area contributed by atoms with Crippen LogP contribution in [0.15, 0.2) is 0 Å². The van der Waals surface area contributed by atoms with Crippen molar-refractivity contribution in [2.45, 2.75) is 39.7 Å². The summed E-state index contributed by atoms with van der Waals surface area (Å²) in [4.78, 5) is 22.7. The summed E-state index contributed by atoms with van der Waals surface area (Å²) in [7, 11) is 1.53. The molecule has 0 spiro atoms. The molecule has 0 radical (unpaired) electrons. The lowest BCUT2D eigenvalue weighted by Gasteiger charge is -2.19. The van der Waals surface area contributed by atoms with E-state index in [4.69, 9.17) is 9.47 Å². The molecule has 0 bridgehead atoms. The molecule has 88 valence electrons. The van der Waals surface area contributed by atoms with E-state index in [-0.39, 0.29) is 18.1 Å². The van der Waals surface area contributed by atoms with Crippen LogP contribution in [-0.4, -0.2) is 31.1 Å². The van der Waals surface area contributed by atoms with Crippen molar-refractivity contribution >= 4 is 11.8 Å². The summed E-state index contributed by atoms with van der Waals surface area (Å²) in [5.41, 5.74) is -0.540. The largest absolute Gasteiger partial charge is 0.460 e. The molecule has 0 fully saturated rings. The highest BCUT2D eigenvalue weighted by atomic mass is 16.6. The lowest BCUT2D eigenvalue weighted by Crippen LogP contribution is -2.27. The lowest BCUT2D eigenvalue weighted by molar-refractivity contribution is -0.156. The van der Waals surface area contributed by atoms with E-state index in [2.05, 4.69) is 0 Å². The molecule has 0 unspecified atom stereocenters. The van der Waals surface area contributed by atoms with Gasteiger partial charge in [0.2, 0.25) is 0 Å². The Hall–Kier alpha value is -0.900. The van der Waals surface area contributed by atoms with Gasteiger partial charge in [0.15, 0.2) is 0 Å². The number of esters is 1. The van der Waals surface area contributed by atoms with Crippen LogP contribution in [0.4, 0.5) is 0 Å². The topological polar surface area (TPSA) is 52.6 Å². The zero-order valence-corrected chi connectivity index (χ0v) is 10.1. The highest BCUT2D eigenvalue weighted by Gasteiger charge is 2.21. The minimum Gasteiger partial charge on any atom is -0.460 e. The van der Waals surface area contributed by atoms with Crippen LogP contribution in [-0.2, 0) is 19.1 Å². The molecule has 0 aliphatic carbocycles. The van der Waals surface area contributed by atoms with Crippen LogP contribution in [0.1, 0.15) is 34.1 Å². The fourth-order valence-corrected chi connectivity index (χ4v) is 1.04. The van der Waals surface area contributed by atoms with E-state index in [1.54, 1.807) is 27.7 Å². The Morgan fingerprint density at radius 3 is 2.20 bits per heavy atom. The number of hydrogen-bond acceptors (Lipinski definition) is 4. The van der Waals surface area contributed by atoms with Gasteiger partial charge in [-0.05, 0) is 20.8 Å². The molecule has 0 amide bonds. The molecule has 15 heavy (non-hydrogen) atoms. The first-order chi connectivity index (χ1) is 6.76. The van der Waals surface area contributed by atoms with Gasteiger partial charge in [0.05, 0.1) is 6.61 Å². The van der Waals surface area contributed by atoms with E-state index in [0.717, 1.165) is 0 Å². The van der Waals surface area contributed by atoms with Crippen LogP contribution < -0.4 is 0 Å². The molecule has 0 aliphatic rings. The number of rotatable bonds is 5. The molecule has 4 nitrogen and oxygen atoms in total. The number of ether oxygens (including phenoxy) is 2. The summed E-state index contributed by atoms with van der Waals surface area (Å²) in [6.45, 7) is 7.38. The van der Waals surface area contributed by atoms with Gasteiger partial charge in [0.25, 0.3) is 0 Å². The predicted molar refractivity (Wildman–Crippen MR) is 56.5 cm³/mol. The highest BCUT2D eigenvalue weighted by molar-refractivity contribution is 5.96. The summed E-state index contributed by atoms with van der Waals surface area (Å²) in [5.74, 6) is -0.885. The molecule has 1 atom stereocenters. The molecule has 0 saturated heterocycles. The number of hydrogen-bond donors (Lipinski definition) is 0. The van der Waals surface area contributed by atoms with Gasteiger partial charge in [0.1, 0.15) is 17.8 Å². The number of methoxy groups -OCH3 is 1. The van der Waals surface area contributed by atoms with Gasteiger partial charge in [-0.1, -0.05) is 6.92 Å². The van der Waals surface area contributed by atoms with Gasteiger partial charge in [-0.3, -0.25) is 9.59 Å². The van der Waals surface area contributed by atoms with Crippen LogP contribution in [0.25, 0.3) is 0 Å². The van der Waals surface area contributed by atoms with Crippen molar-refractivity contribution in [3.05, 3.63) is 0 Å². The summed E-state index contributed by atoms with van der Waals surface area (Å²) >= 11 is 0. The summed E-state index contributed by atoms with van der Waals surface area (Å²) in [5, 5.41) is 0. The fourth-order valence-electron chi connectivity index (χ4n) is 1.04. The molecule has 0 aromatic carbocycles. The normalized spacial score (nSPS) is 13.4. The smallest absolute Gasteiger partial charge is 0.313 e. The van der Waals surface area contributed by atoms with Crippen LogP contribution in [0.2, 0.25) is 0 Å². The second-order valence-electron chi connectivity index (χ2n) is 4.59. The minimum atomic E-state index is -0.540. The molecule has 0 aliphatic heterocycles. The third-order valence-electron chi connectivity index (χ3n) is 1.70. The minimum absolute atomic E-state index is 0.147. The maximum Gasteiger partial charge on any atom is 0.313 e. The van der Waals surface area contributed by atoms with E-state index in [1.807, 2.05) is 0 Å². The highest BCUT2D eigenvalue weighted by Crippen LogP contribution is 2.10. The SMILES string of the molecule is COC[C@H](C)C(=O)CC(=O)OC(C)(C)C. The molecule has 0 heterocycles. The number of carbonyl (C=O) groups excluding carboxylic acids is 2. The van der Waals surface area contributed by atoms with Crippen molar-refractivity contribution in [2.75, 3.05) is 13.7 Å². The lowest BCUT2D eigenvalue weighted by atomic mass is 10.1. The Bertz CT molecular complexity index is 227. The third kappa shape index (κ3) is 7.08. The van der Waals surface area contributed by atoms with E-state index in [0.29, 0.717) is 6.61 Å². The van der Waals surface area contributed by atoms with Crippen LogP contribution in [0.5, 0.6) is 0 Å². The van der Waals surface area contributed by atoms with Gasteiger partial charge in [0, 0.05) is 13.0 Å². The second kappa shape index (κ2) is 5.85.